The topological polar surface area (TPSA) is 0 Å². The van der Waals surface area contributed by atoms with Crippen LogP contribution in [0.1, 0.15) is 41.0 Å². The highest BCUT2D eigenvalue weighted by atomic mass is 14.1. The molecule has 16 heavy (non-hydrogen) atoms. The van der Waals surface area contributed by atoms with Crippen molar-refractivity contribution in [1.29, 1.82) is 0 Å². The first-order valence-electron chi connectivity index (χ1n) is 5.51. The molecule has 0 unspecified atom stereocenters. The number of hydrogen-bond donors (Lipinski definition) is 0. The van der Waals surface area contributed by atoms with Gasteiger partial charge in [0.1, 0.15) is 0 Å². The molecule has 90 valence electrons. The Morgan fingerprint density at radius 3 is 2.25 bits per heavy atom. The molecule has 0 aromatic carbocycles. The van der Waals surface area contributed by atoms with Gasteiger partial charge in [-0.05, 0) is 37.0 Å². The molecule has 0 aliphatic rings. The van der Waals surface area contributed by atoms with E-state index in [1.165, 1.54) is 5.57 Å². The zero-order chi connectivity index (χ0) is 11.7. The Kier molecular flexibility index (Phi) is 10.9. The van der Waals surface area contributed by atoms with Gasteiger partial charge in [0.2, 0.25) is 0 Å². The van der Waals surface area contributed by atoms with Gasteiger partial charge in [-0.25, -0.2) is 0 Å². The quantitative estimate of drug-likeness (QED) is 0.508. The fourth-order valence-corrected chi connectivity index (χ4v) is 1.42. The van der Waals surface area contributed by atoms with Gasteiger partial charge in [-0.1, -0.05) is 64.3 Å². The second-order valence-corrected chi connectivity index (χ2v) is 3.39. The molecule has 0 bridgehead atoms. The Morgan fingerprint density at radius 2 is 1.88 bits per heavy atom. The lowest BCUT2D eigenvalue weighted by Crippen LogP contribution is -1.90. The van der Waals surface area contributed by atoms with E-state index in [9.17, 15) is 0 Å². The average molecular weight is 218 g/mol. The van der Waals surface area contributed by atoms with Gasteiger partial charge < -0.3 is 0 Å². The van der Waals surface area contributed by atoms with Gasteiger partial charge in [0, 0.05) is 0 Å². The molecule has 0 heteroatoms. The molecule has 0 rings (SSSR count). The van der Waals surface area contributed by atoms with E-state index in [0.717, 1.165) is 24.0 Å². The van der Waals surface area contributed by atoms with E-state index in [-0.39, 0.29) is 7.43 Å². The molecule has 0 amide bonds. The number of allylic oxidation sites excluding steroid dienone is 8. The Balaban J connectivity index is 0. The van der Waals surface area contributed by atoms with Gasteiger partial charge in [-0.2, -0.15) is 0 Å². The Hall–Kier alpha value is -1.30. The summed E-state index contributed by atoms with van der Waals surface area (Å²) in [4.78, 5) is 0. The molecule has 0 aromatic rings. The summed E-state index contributed by atoms with van der Waals surface area (Å²) in [6, 6.07) is 0. The highest BCUT2D eigenvalue weighted by Crippen LogP contribution is 2.22. The van der Waals surface area contributed by atoms with Crippen LogP contribution in [0.3, 0.4) is 0 Å². The zero-order valence-corrected chi connectivity index (χ0v) is 10.2. The second-order valence-electron chi connectivity index (χ2n) is 3.39. The minimum atomic E-state index is 0. The molecule has 0 aliphatic carbocycles. The van der Waals surface area contributed by atoms with E-state index in [4.69, 9.17) is 0 Å². The Bertz CT molecular complexity index is 298. The summed E-state index contributed by atoms with van der Waals surface area (Å²) in [6.45, 7) is 14.2. The molecular formula is C16H26. The first kappa shape index (κ1) is 17.1. The summed E-state index contributed by atoms with van der Waals surface area (Å²) in [7, 11) is 0. The zero-order valence-electron chi connectivity index (χ0n) is 10.2. The Labute approximate surface area is 102 Å². The third kappa shape index (κ3) is 5.55. The normalized spacial score (nSPS) is 12.4. The highest BCUT2D eigenvalue weighted by Gasteiger charge is 2.03. The van der Waals surface area contributed by atoms with Gasteiger partial charge in [0.15, 0.2) is 0 Å². The lowest BCUT2D eigenvalue weighted by molar-refractivity contribution is 0.914. The minimum absolute atomic E-state index is 0. The van der Waals surface area contributed by atoms with Crippen molar-refractivity contribution in [2.24, 2.45) is 0 Å². The van der Waals surface area contributed by atoms with Gasteiger partial charge in [-0.15, -0.1) is 0 Å². The van der Waals surface area contributed by atoms with Crippen LogP contribution in [0.15, 0.2) is 60.3 Å². The fourth-order valence-electron chi connectivity index (χ4n) is 1.42. The van der Waals surface area contributed by atoms with Crippen molar-refractivity contribution in [3.63, 3.8) is 0 Å². The van der Waals surface area contributed by atoms with Crippen LogP contribution in [0, 0.1) is 0 Å². The van der Waals surface area contributed by atoms with Crippen LogP contribution in [0.2, 0.25) is 0 Å². The van der Waals surface area contributed by atoms with E-state index in [2.05, 4.69) is 39.2 Å². The van der Waals surface area contributed by atoms with E-state index in [1.54, 1.807) is 0 Å². The summed E-state index contributed by atoms with van der Waals surface area (Å²) < 4.78 is 0. The van der Waals surface area contributed by atoms with Gasteiger partial charge >= 0.3 is 0 Å². The molecule has 0 saturated heterocycles. The first-order valence-corrected chi connectivity index (χ1v) is 5.51. The van der Waals surface area contributed by atoms with Crippen molar-refractivity contribution in [2.75, 3.05) is 0 Å². The van der Waals surface area contributed by atoms with Crippen LogP contribution in [0.4, 0.5) is 0 Å². The van der Waals surface area contributed by atoms with Crippen molar-refractivity contribution in [1.82, 2.24) is 0 Å². The molecule has 0 N–H and O–H groups in total. The summed E-state index contributed by atoms with van der Waals surface area (Å²) in [6.07, 6.45) is 12.3. The monoisotopic (exact) mass is 218 g/mol. The second kappa shape index (κ2) is 10.2. The Morgan fingerprint density at radius 1 is 1.25 bits per heavy atom. The third-order valence-corrected chi connectivity index (χ3v) is 2.29. The molecule has 0 fully saturated rings. The summed E-state index contributed by atoms with van der Waals surface area (Å²) in [5.41, 5.74) is 3.51. The maximum Gasteiger partial charge on any atom is -0.0193 e. The van der Waals surface area contributed by atoms with Gasteiger partial charge in [0.05, 0.1) is 0 Å². The van der Waals surface area contributed by atoms with Crippen molar-refractivity contribution >= 4 is 0 Å². The highest BCUT2D eigenvalue weighted by molar-refractivity contribution is 5.50. The molecule has 0 aromatic heterocycles. The van der Waals surface area contributed by atoms with Crippen molar-refractivity contribution in [3.05, 3.63) is 60.3 Å². The third-order valence-electron chi connectivity index (χ3n) is 2.29. The van der Waals surface area contributed by atoms with Crippen molar-refractivity contribution in [2.45, 2.75) is 41.0 Å². The molecule has 0 saturated carbocycles. The van der Waals surface area contributed by atoms with E-state index in [1.807, 2.05) is 25.2 Å². The standard InChI is InChI=1S/C15H22.CH4/c1-6-10-12-15(9-4)13(5)14(8-3)11-7-2;/h6,8-10,12H,4-5,7,11H2,1-3H3;1H4/b10-6-,14-8-,15-12-;. The van der Waals surface area contributed by atoms with Crippen LogP contribution in [-0.4, -0.2) is 0 Å². The summed E-state index contributed by atoms with van der Waals surface area (Å²) >= 11 is 0. The van der Waals surface area contributed by atoms with Crippen LogP contribution >= 0.6 is 0 Å². The van der Waals surface area contributed by atoms with E-state index < -0.39 is 0 Å². The lowest BCUT2D eigenvalue weighted by Gasteiger charge is -2.10. The number of rotatable bonds is 6. The maximum absolute atomic E-state index is 4.13. The van der Waals surface area contributed by atoms with Crippen molar-refractivity contribution in [3.8, 4) is 0 Å². The molecule has 0 atom stereocenters. The van der Waals surface area contributed by atoms with Crippen LogP contribution in [-0.2, 0) is 0 Å². The summed E-state index contributed by atoms with van der Waals surface area (Å²) in [5, 5.41) is 0. The minimum Gasteiger partial charge on any atom is -0.0984 e. The molecule has 0 nitrogen and oxygen atoms in total. The molecular weight excluding hydrogens is 192 g/mol. The predicted molar refractivity (Wildman–Crippen MR) is 77.6 cm³/mol. The van der Waals surface area contributed by atoms with Crippen molar-refractivity contribution < 1.29 is 0 Å². The maximum atomic E-state index is 4.13. The van der Waals surface area contributed by atoms with Gasteiger partial charge in [0.25, 0.3) is 0 Å². The van der Waals surface area contributed by atoms with E-state index in [0.29, 0.717) is 0 Å². The first-order chi connectivity index (χ1) is 7.21. The average Bonchev–Trinajstić information content (AvgIpc) is 2.26. The van der Waals surface area contributed by atoms with Gasteiger partial charge in [-0.3, -0.25) is 0 Å². The molecule has 0 spiro atoms. The lowest BCUT2D eigenvalue weighted by atomic mass is 9.95. The van der Waals surface area contributed by atoms with Crippen LogP contribution in [0.25, 0.3) is 0 Å². The smallest absolute Gasteiger partial charge is 0.0193 e. The summed E-state index contributed by atoms with van der Waals surface area (Å²) in [5.74, 6) is 0. The molecule has 0 radical (unpaired) electrons. The largest absolute Gasteiger partial charge is 0.0984 e. The predicted octanol–water partition coefficient (Wildman–Crippen LogP) is 5.61. The van der Waals surface area contributed by atoms with E-state index >= 15 is 0 Å². The fraction of sp³-hybridized carbons (Fsp3) is 0.375. The number of hydrogen-bond acceptors (Lipinski definition) is 0. The molecule has 0 aliphatic heterocycles. The SMILES string of the molecule is C.C=C/C(=C/C=C\C)C(=C)/C(=C\C)CCC. The van der Waals surface area contributed by atoms with Crippen LogP contribution in [0.5, 0.6) is 0 Å². The molecule has 0 heterocycles. The van der Waals surface area contributed by atoms with Crippen LogP contribution < -0.4 is 0 Å².